The molecular weight excluding hydrogens is 478 g/mol. The summed E-state index contributed by atoms with van der Waals surface area (Å²) in [5.74, 6) is -0.0851. The molecule has 1 amide bonds. The molecule has 200 valence electrons. The van der Waals surface area contributed by atoms with E-state index in [0.717, 1.165) is 42.3 Å². The second kappa shape index (κ2) is 11.2. The predicted molar refractivity (Wildman–Crippen MR) is 152 cm³/mol. The smallest absolute Gasteiger partial charge is 0.254 e. The lowest BCUT2D eigenvalue weighted by Gasteiger charge is -2.26. The SMILES string of the molecule is CCn1ncc([C@H](C)N(C)C(=O)c2cc(-c3ccc(NCCN(C)C)c(C)n3)nc3ccc(O)cc23)c1C. The number of nitrogens with one attached hydrogen (secondary N) is 1. The molecule has 3 aromatic heterocycles. The van der Waals surface area contributed by atoms with Gasteiger partial charge in [-0.1, -0.05) is 0 Å². The number of carbonyl (C=O) groups is 1. The maximum absolute atomic E-state index is 13.9. The van der Waals surface area contributed by atoms with E-state index >= 15 is 0 Å². The Kier molecular flexibility index (Phi) is 7.97. The number of pyridine rings is 2. The quantitative estimate of drug-likeness (QED) is 0.335. The molecule has 2 N–H and O–H groups in total. The molecule has 0 saturated carbocycles. The Morgan fingerprint density at radius 1 is 1.08 bits per heavy atom. The minimum atomic E-state index is -0.195. The van der Waals surface area contributed by atoms with Gasteiger partial charge in [-0.05, 0) is 78.2 Å². The van der Waals surface area contributed by atoms with Crippen LogP contribution in [0, 0.1) is 13.8 Å². The molecule has 0 aliphatic rings. The Balaban J connectivity index is 1.72. The lowest BCUT2D eigenvalue weighted by atomic mass is 10.0. The summed E-state index contributed by atoms with van der Waals surface area (Å²) in [6.07, 6.45) is 1.83. The van der Waals surface area contributed by atoms with Crippen molar-refractivity contribution in [2.45, 2.75) is 40.3 Å². The van der Waals surface area contributed by atoms with Gasteiger partial charge in [0.15, 0.2) is 0 Å². The van der Waals surface area contributed by atoms with Gasteiger partial charge in [-0.3, -0.25) is 9.48 Å². The van der Waals surface area contributed by atoms with Crippen molar-refractivity contribution in [1.82, 2.24) is 29.5 Å². The number of rotatable bonds is 9. The molecule has 9 nitrogen and oxygen atoms in total. The van der Waals surface area contributed by atoms with Crippen molar-refractivity contribution in [3.8, 4) is 17.1 Å². The van der Waals surface area contributed by atoms with E-state index in [9.17, 15) is 9.90 Å². The molecule has 4 aromatic rings. The second-order valence-electron chi connectivity index (χ2n) is 9.91. The lowest BCUT2D eigenvalue weighted by Crippen LogP contribution is -2.30. The van der Waals surface area contributed by atoms with Crippen LogP contribution >= 0.6 is 0 Å². The number of aryl methyl sites for hydroxylation is 2. The third-order valence-corrected chi connectivity index (χ3v) is 7.04. The maximum Gasteiger partial charge on any atom is 0.254 e. The normalized spacial score (nSPS) is 12.2. The van der Waals surface area contributed by atoms with Gasteiger partial charge < -0.3 is 20.2 Å². The van der Waals surface area contributed by atoms with Gasteiger partial charge in [0.1, 0.15) is 5.75 Å². The number of likely N-dealkylation sites (N-methyl/N-ethyl adjacent to an activating group) is 1. The summed E-state index contributed by atoms with van der Waals surface area (Å²) >= 11 is 0. The standard InChI is InChI=1S/C29H37N7O2/c1-8-36-20(4)24(17-31-36)19(3)35(7)29(38)23-16-28(33-26-10-9-21(37)15-22(23)26)27-12-11-25(18(2)32-27)30-13-14-34(5)6/h9-12,15-17,19,30,37H,8,13-14H2,1-7H3/t19-/m0/s1. The summed E-state index contributed by atoms with van der Waals surface area (Å²) in [6, 6.07) is 10.4. The molecule has 0 aliphatic heterocycles. The summed E-state index contributed by atoms with van der Waals surface area (Å²) in [5, 5.41) is 18.7. The number of nitrogens with zero attached hydrogens (tertiary/aromatic N) is 6. The molecule has 3 heterocycles. The van der Waals surface area contributed by atoms with Gasteiger partial charge in [0.05, 0.1) is 46.1 Å². The number of hydrogen-bond donors (Lipinski definition) is 2. The number of fused-ring (bicyclic) bond motifs is 1. The molecule has 0 unspecified atom stereocenters. The fourth-order valence-corrected chi connectivity index (χ4v) is 4.59. The minimum absolute atomic E-state index is 0.0824. The molecule has 0 aliphatic carbocycles. The van der Waals surface area contributed by atoms with Crippen molar-refractivity contribution < 1.29 is 9.90 Å². The number of benzene rings is 1. The molecule has 0 bridgehead atoms. The van der Waals surface area contributed by atoms with Crippen molar-refractivity contribution in [3.63, 3.8) is 0 Å². The van der Waals surface area contributed by atoms with Crippen molar-refractivity contribution >= 4 is 22.5 Å². The molecule has 0 spiro atoms. The first-order valence-corrected chi connectivity index (χ1v) is 12.9. The fourth-order valence-electron chi connectivity index (χ4n) is 4.59. The number of amides is 1. The van der Waals surface area contributed by atoms with Crippen LogP contribution in [0.3, 0.4) is 0 Å². The summed E-state index contributed by atoms with van der Waals surface area (Å²) in [6.45, 7) is 10.5. The molecule has 9 heteroatoms. The highest BCUT2D eigenvalue weighted by molar-refractivity contribution is 6.07. The van der Waals surface area contributed by atoms with Crippen molar-refractivity contribution in [2.24, 2.45) is 0 Å². The van der Waals surface area contributed by atoms with Crippen molar-refractivity contribution in [2.75, 3.05) is 39.5 Å². The Bertz CT molecular complexity index is 1460. The molecule has 1 aromatic carbocycles. The van der Waals surface area contributed by atoms with Crippen LogP contribution in [0.1, 0.15) is 47.2 Å². The van der Waals surface area contributed by atoms with Crippen LogP contribution in [0.4, 0.5) is 5.69 Å². The lowest BCUT2D eigenvalue weighted by molar-refractivity contribution is 0.0744. The van der Waals surface area contributed by atoms with Gasteiger partial charge in [0.25, 0.3) is 5.91 Å². The topological polar surface area (TPSA) is 99.4 Å². The average molecular weight is 516 g/mol. The summed E-state index contributed by atoms with van der Waals surface area (Å²) in [5.41, 5.74) is 6.22. The zero-order chi connectivity index (χ0) is 27.6. The fraction of sp³-hybridized carbons (Fsp3) is 0.379. The Morgan fingerprint density at radius 3 is 2.50 bits per heavy atom. The monoisotopic (exact) mass is 515 g/mol. The van der Waals surface area contributed by atoms with Crippen LogP contribution in [0.2, 0.25) is 0 Å². The first-order chi connectivity index (χ1) is 18.1. The molecular formula is C29H37N7O2. The van der Waals surface area contributed by atoms with E-state index in [2.05, 4.69) is 15.3 Å². The van der Waals surface area contributed by atoms with E-state index in [1.165, 1.54) is 0 Å². The van der Waals surface area contributed by atoms with E-state index in [1.54, 1.807) is 36.2 Å². The Morgan fingerprint density at radius 2 is 1.84 bits per heavy atom. The van der Waals surface area contributed by atoms with Crippen LogP contribution in [0.15, 0.2) is 42.6 Å². The summed E-state index contributed by atoms with van der Waals surface area (Å²) in [7, 11) is 5.87. The van der Waals surface area contributed by atoms with E-state index < -0.39 is 0 Å². The van der Waals surface area contributed by atoms with Crippen molar-refractivity contribution in [3.05, 3.63) is 65.1 Å². The average Bonchev–Trinajstić information content (AvgIpc) is 3.27. The summed E-state index contributed by atoms with van der Waals surface area (Å²) in [4.78, 5) is 27.3. The first kappa shape index (κ1) is 27.1. The molecule has 0 radical (unpaired) electrons. The number of phenolic OH excluding ortho intramolecular Hbond substituents is 1. The maximum atomic E-state index is 13.9. The van der Waals surface area contributed by atoms with Gasteiger partial charge in [0, 0.05) is 43.3 Å². The van der Waals surface area contributed by atoms with E-state index in [4.69, 9.17) is 9.97 Å². The second-order valence-corrected chi connectivity index (χ2v) is 9.91. The zero-order valence-corrected chi connectivity index (χ0v) is 23.3. The van der Waals surface area contributed by atoms with E-state index in [0.29, 0.717) is 27.9 Å². The largest absolute Gasteiger partial charge is 0.508 e. The van der Waals surface area contributed by atoms with Crippen LogP contribution in [-0.2, 0) is 6.54 Å². The third-order valence-electron chi connectivity index (χ3n) is 7.04. The predicted octanol–water partition coefficient (Wildman–Crippen LogP) is 4.64. The van der Waals surface area contributed by atoms with Crippen LogP contribution in [-0.4, -0.2) is 74.8 Å². The molecule has 0 fully saturated rings. The highest BCUT2D eigenvalue weighted by atomic mass is 16.3. The summed E-state index contributed by atoms with van der Waals surface area (Å²) < 4.78 is 1.93. The minimum Gasteiger partial charge on any atom is -0.508 e. The number of anilines is 1. The number of phenols is 1. The Labute approximate surface area is 224 Å². The number of hydrogen-bond acceptors (Lipinski definition) is 7. The van der Waals surface area contributed by atoms with Crippen molar-refractivity contribution in [1.29, 1.82) is 0 Å². The van der Waals surface area contributed by atoms with Gasteiger partial charge >= 0.3 is 0 Å². The number of carbonyl (C=O) groups excluding carboxylic acids is 1. The van der Waals surface area contributed by atoms with Gasteiger partial charge in [-0.15, -0.1) is 0 Å². The van der Waals surface area contributed by atoms with E-state index in [1.807, 2.05) is 64.8 Å². The first-order valence-electron chi connectivity index (χ1n) is 12.9. The molecule has 38 heavy (non-hydrogen) atoms. The van der Waals surface area contributed by atoms with Crippen LogP contribution in [0.25, 0.3) is 22.3 Å². The molecule has 0 saturated heterocycles. The van der Waals surface area contributed by atoms with Crippen LogP contribution in [0.5, 0.6) is 5.75 Å². The number of aromatic hydroxyl groups is 1. The van der Waals surface area contributed by atoms with Gasteiger partial charge in [-0.25, -0.2) is 9.97 Å². The van der Waals surface area contributed by atoms with Crippen LogP contribution < -0.4 is 5.32 Å². The third kappa shape index (κ3) is 5.47. The highest BCUT2D eigenvalue weighted by Gasteiger charge is 2.25. The highest BCUT2D eigenvalue weighted by Crippen LogP contribution is 2.31. The zero-order valence-electron chi connectivity index (χ0n) is 23.3. The van der Waals surface area contributed by atoms with E-state index in [-0.39, 0.29) is 17.7 Å². The van der Waals surface area contributed by atoms with Gasteiger partial charge in [0.2, 0.25) is 0 Å². The molecule has 1 atom stereocenters. The molecule has 4 rings (SSSR count). The Hall–Kier alpha value is -3.98. The van der Waals surface area contributed by atoms with Gasteiger partial charge in [-0.2, -0.15) is 5.10 Å². The number of aromatic nitrogens is 4.